The molecule has 0 radical (unpaired) electrons. The van der Waals surface area contributed by atoms with Crippen molar-refractivity contribution < 1.29 is 14.4 Å². The molecule has 3 amide bonds. The molecule has 3 heterocycles. The van der Waals surface area contributed by atoms with E-state index in [0.717, 1.165) is 21.5 Å². The highest BCUT2D eigenvalue weighted by molar-refractivity contribution is 8.18. The number of imide groups is 1. The van der Waals surface area contributed by atoms with Crippen molar-refractivity contribution in [2.45, 2.75) is 6.54 Å². The van der Waals surface area contributed by atoms with Crippen LogP contribution in [0.3, 0.4) is 0 Å². The Labute approximate surface area is 146 Å². The van der Waals surface area contributed by atoms with E-state index in [0.29, 0.717) is 10.6 Å². The van der Waals surface area contributed by atoms with Gasteiger partial charge in [-0.05, 0) is 41.4 Å². The molecule has 1 N–H and O–H groups in total. The standard InChI is InChI=1S/C16H13N3O3S2/c20-14(18-9-11-4-1-2-6-17-11)10-19-15(21)13(24-16(19)22)8-12-5-3-7-23-12/h1-8H,9-10H2,(H,18,20)/b13-8-. The lowest BCUT2D eigenvalue weighted by Gasteiger charge is -2.12. The van der Waals surface area contributed by atoms with Gasteiger partial charge in [-0.3, -0.25) is 24.3 Å². The first-order chi connectivity index (χ1) is 11.6. The normalized spacial score (nSPS) is 16.0. The molecule has 1 aliphatic heterocycles. The highest BCUT2D eigenvalue weighted by Gasteiger charge is 2.36. The first-order valence-corrected chi connectivity index (χ1v) is 8.78. The summed E-state index contributed by atoms with van der Waals surface area (Å²) < 4.78 is 0. The van der Waals surface area contributed by atoms with E-state index in [1.54, 1.807) is 24.4 Å². The van der Waals surface area contributed by atoms with Crippen LogP contribution in [0.5, 0.6) is 0 Å². The van der Waals surface area contributed by atoms with Gasteiger partial charge in [-0.2, -0.15) is 0 Å². The van der Waals surface area contributed by atoms with Crippen LogP contribution in [0.25, 0.3) is 6.08 Å². The van der Waals surface area contributed by atoms with Gasteiger partial charge in [-0.1, -0.05) is 12.1 Å². The van der Waals surface area contributed by atoms with Crippen LogP contribution in [0, 0.1) is 0 Å². The smallest absolute Gasteiger partial charge is 0.294 e. The molecule has 3 rings (SSSR count). The van der Waals surface area contributed by atoms with E-state index in [-0.39, 0.29) is 13.1 Å². The van der Waals surface area contributed by atoms with Crippen LogP contribution >= 0.6 is 23.1 Å². The number of thiophene rings is 1. The fraction of sp³-hybridized carbons (Fsp3) is 0.125. The molecule has 8 heteroatoms. The topological polar surface area (TPSA) is 79.4 Å². The molecule has 0 bridgehead atoms. The quantitative estimate of drug-likeness (QED) is 0.830. The van der Waals surface area contributed by atoms with Crippen LogP contribution in [0.1, 0.15) is 10.6 Å². The predicted molar refractivity (Wildman–Crippen MR) is 93.1 cm³/mol. The Morgan fingerprint density at radius 2 is 2.12 bits per heavy atom. The zero-order valence-electron chi connectivity index (χ0n) is 12.5. The fourth-order valence-corrected chi connectivity index (χ4v) is 3.59. The summed E-state index contributed by atoms with van der Waals surface area (Å²) in [6.45, 7) is -0.0415. The highest BCUT2D eigenvalue weighted by Crippen LogP contribution is 2.32. The first kappa shape index (κ1) is 16.4. The number of rotatable bonds is 5. The van der Waals surface area contributed by atoms with E-state index < -0.39 is 17.1 Å². The van der Waals surface area contributed by atoms with Crippen molar-refractivity contribution in [3.05, 3.63) is 57.4 Å². The molecule has 24 heavy (non-hydrogen) atoms. The van der Waals surface area contributed by atoms with E-state index in [2.05, 4.69) is 10.3 Å². The minimum absolute atomic E-state index is 0.251. The molecule has 0 aliphatic carbocycles. The van der Waals surface area contributed by atoms with E-state index in [1.165, 1.54) is 11.3 Å². The molecule has 0 atom stereocenters. The Kier molecular flexibility index (Phi) is 5.07. The molecule has 1 saturated heterocycles. The summed E-state index contributed by atoms with van der Waals surface area (Å²) in [4.78, 5) is 42.5. The lowest BCUT2D eigenvalue weighted by atomic mass is 10.3. The molecular formula is C16H13N3O3S2. The van der Waals surface area contributed by atoms with Crippen molar-refractivity contribution in [1.29, 1.82) is 0 Å². The maximum absolute atomic E-state index is 12.3. The summed E-state index contributed by atoms with van der Waals surface area (Å²) in [5.41, 5.74) is 0.706. The molecule has 0 saturated carbocycles. The third kappa shape index (κ3) is 3.90. The van der Waals surface area contributed by atoms with Crippen molar-refractivity contribution in [1.82, 2.24) is 15.2 Å². The molecule has 0 unspecified atom stereocenters. The van der Waals surface area contributed by atoms with Gasteiger partial charge in [0.1, 0.15) is 6.54 Å². The van der Waals surface area contributed by atoms with Crippen LogP contribution in [0.4, 0.5) is 4.79 Å². The average Bonchev–Trinajstić information content (AvgIpc) is 3.18. The number of carbonyl (C=O) groups is 3. The molecule has 122 valence electrons. The van der Waals surface area contributed by atoms with Gasteiger partial charge in [-0.15, -0.1) is 11.3 Å². The Hall–Kier alpha value is -2.45. The van der Waals surface area contributed by atoms with E-state index in [1.807, 2.05) is 23.6 Å². The average molecular weight is 359 g/mol. The first-order valence-electron chi connectivity index (χ1n) is 7.09. The monoisotopic (exact) mass is 359 g/mol. The summed E-state index contributed by atoms with van der Waals surface area (Å²) in [7, 11) is 0. The number of nitrogens with one attached hydrogen (secondary N) is 1. The summed E-state index contributed by atoms with van der Waals surface area (Å²) >= 11 is 2.33. The minimum atomic E-state index is -0.439. The molecule has 1 aliphatic rings. The van der Waals surface area contributed by atoms with Crippen molar-refractivity contribution in [3.63, 3.8) is 0 Å². The van der Waals surface area contributed by atoms with Crippen LogP contribution in [-0.4, -0.2) is 33.5 Å². The van der Waals surface area contributed by atoms with Gasteiger partial charge in [-0.25, -0.2) is 0 Å². The third-order valence-corrected chi connectivity index (χ3v) is 4.91. The van der Waals surface area contributed by atoms with E-state index >= 15 is 0 Å². The maximum Gasteiger partial charge on any atom is 0.294 e. The van der Waals surface area contributed by atoms with Gasteiger partial charge in [0.15, 0.2) is 0 Å². The Morgan fingerprint density at radius 3 is 2.83 bits per heavy atom. The number of aromatic nitrogens is 1. The van der Waals surface area contributed by atoms with Gasteiger partial charge in [0.05, 0.1) is 17.1 Å². The molecule has 6 nitrogen and oxygen atoms in total. The number of hydrogen-bond donors (Lipinski definition) is 1. The number of carbonyl (C=O) groups excluding carboxylic acids is 3. The predicted octanol–water partition coefficient (Wildman–Crippen LogP) is 2.50. The second kappa shape index (κ2) is 7.41. The number of thioether (sulfide) groups is 1. The second-order valence-corrected chi connectivity index (χ2v) is 6.85. The van der Waals surface area contributed by atoms with Crippen molar-refractivity contribution >= 4 is 46.2 Å². The highest BCUT2D eigenvalue weighted by atomic mass is 32.2. The summed E-state index contributed by atoms with van der Waals surface area (Å²) in [6, 6.07) is 9.11. The lowest BCUT2D eigenvalue weighted by molar-refractivity contribution is -0.129. The molecular weight excluding hydrogens is 346 g/mol. The second-order valence-electron chi connectivity index (χ2n) is 4.88. The van der Waals surface area contributed by atoms with Crippen LogP contribution in [0.15, 0.2) is 46.8 Å². The number of amides is 3. The maximum atomic E-state index is 12.3. The summed E-state index contributed by atoms with van der Waals surface area (Å²) in [6.07, 6.45) is 3.30. The van der Waals surface area contributed by atoms with Crippen molar-refractivity contribution in [3.8, 4) is 0 Å². The van der Waals surface area contributed by atoms with Crippen LogP contribution in [0.2, 0.25) is 0 Å². The Morgan fingerprint density at radius 1 is 1.25 bits per heavy atom. The van der Waals surface area contributed by atoms with E-state index in [9.17, 15) is 14.4 Å². The molecule has 0 spiro atoms. The molecule has 2 aromatic heterocycles. The summed E-state index contributed by atoms with van der Waals surface area (Å²) in [5.74, 6) is -0.841. The van der Waals surface area contributed by atoms with Gasteiger partial charge in [0.25, 0.3) is 11.1 Å². The summed E-state index contributed by atoms with van der Waals surface area (Å²) in [5, 5.41) is 4.11. The zero-order valence-corrected chi connectivity index (χ0v) is 14.1. The number of pyridine rings is 1. The Bertz CT molecular complexity index is 788. The van der Waals surface area contributed by atoms with Crippen LogP contribution in [-0.2, 0) is 16.1 Å². The number of nitrogens with zero attached hydrogens (tertiary/aromatic N) is 2. The SMILES string of the molecule is O=C(CN1C(=O)S/C(=C\c2cccs2)C1=O)NCc1ccccn1. The lowest BCUT2D eigenvalue weighted by Crippen LogP contribution is -2.39. The fourth-order valence-electron chi connectivity index (χ4n) is 2.03. The van der Waals surface area contributed by atoms with Gasteiger partial charge in [0.2, 0.25) is 5.91 Å². The van der Waals surface area contributed by atoms with E-state index in [4.69, 9.17) is 0 Å². The molecule has 1 fully saturated rings. The Balaban J connectivity index is 1.59. The number of hydrogen-bond acceptors (Lipinski definition) is 6. The van der Waals surface area contributed by atoms with Gasteiger partial charge < -0.3 is 5.32 Å². The molecule has 2 aromatic rings. The van der Waals surface area contributed by atoms with Gasteiger partial charge >= 0.3 is 0 Å². The third-order valence-electron chi connectivity index (χ3n) is 3.18. The largest absolute Gasteiger partial charge is 0.349 e. The van der Waals surface area contributed by atoms with Gasteiger partial charge in [0, 0.05) is 11.1 Å². The zero-order chi connectivity index (χ0) is 16.9. The van der Waals surface area contributed by atoms with Crippen LogP contribution < -0.4 is 5.32 Å². The molecule has 0 aromatic carbocycles. The van der Waals surface area contributed by atoms with Crippen molar-refractivity contribution in [2.24, 2.45) is 0 Å². The minimum Gasteiger partial charge on any atom is -0.349 e. The van der Waals surface area contributed by atoms with Crippen molar-refractivity contribution in [2.75, 3.05) is 6.54 Å².